The molecule has 102 valence electrons. The van der Waals surface area contributed by atoms with Gasteiger partial charge in [-0.2, -0.15) is 11.8 Å². The van der Waals surface area contributed by atoms with Crippen molar-refractivity contribution in [1.29, 1.82) is 0 Å². The summed E-state index contributed by atoms with van der Waals surface area (Å²) in [5, 5.41) is 5.88. The second-order valence-corrected chi connectivity index (χ2v) is 8.12. The predicted molar refractivity (Wildman–Crippen MR) is 83.8 cm³/mol. The summed E-state index contributed by atoms with van der Waals surface area (Å²) in [6.07, 6.45) is 13.1. The van der Waals surface area contributed by atoms with Crippen LogP contribution in [0, 0.1) is 0 Å². The molecule has 2 aliphatic carbocycles. The molecule has 0 radical (unpaired) electrons. The highest BCUT2D eigenvalue weighted by Gasteiger charge is 2.38. The molecular weight excluding hydrogens is 260 g/mol. The van der Waals surface area contributed by atoms with Gasteiger partial charge in [0.05, 0.1) is 6.04 Å². The first-order valence-electron chi connectivity index (χ1n) is 7.31. The highest BCUT2D eigenvalue weighted by molar-refractivity contribution is 8.14. The molecule has 1 heterocycles. The van der Waals surface area contributed by atoms with E-state index in [-0.39, 0.29) is 0 Å². The lowest BCUT2D eigenvalue weighted by molar-refractivity contribution is 0.303. The van der Waals surface area contributed by atoms with Crippen LogP contribution in [0.5, 0.6) is 0 Å². The highest BCUT2D eigenvalue weighted by atomic mass is 32.2. The Labute approximate surface area is 119 Å². The molecule has 1 saturated heterocycles. The van der Waals surface area contributed by atoms with Crippen molar-refractivity contribution >= 4 is 28.7 Å². The van der Waals surface area contributed by atoms with Crippen molar-refractivity contribution in [3.05, 3.63) is 0 Å². The van der Waals surface area contributed by atoms with E-state index in [4.69, 9.17) is 4.99 Å². The van der Waals surface area contributed by atoms with Gasteiger partial charge in [0.25, 0.3) is 0 Å². The number of aliphatic imine (C=N–C) groups is 1. The van der Waals surface area contributed by atoms with Gasteiger partial charge in [-0.15, -0.1) is 0 Å². The van der Waals surface area contributed by atoms with Gasteiger partial charge in [0, 0.05) is 16.5 Å². The van der Waals surface area contributed by atoms with Gasteiger partial charge in [-0.1, -0.05) is 31.0 Å². The Morgan fingerprint density at radius 2 is 2.11 bits per heavy atom. The first-order valence-corrected chi connectivity index (χ1v) is 9.59. The summed E-state index contributed by atoms with van der Waals surface area (Å²) in [7, 11) is 0. The molecule has 3 aliphatic rings. The minimum absolute atomic E-state index is 0.416. The molecule has 1 spiro atoms. The van der Waals surface area contributed by atoms with Gasteiger partial charge in [-0.05, 0) is 38.4 Å². The van der Waals surface area contributed by atoms with Crippen LogP contribution < -0.4 is 5.32 Å². The quantitative estimate of drug-likeness (QED) is 0.837. The maximum Gasteiger partial charge on any atom is 0.157 e. The van der Waals surface area contributed by atoms with E-state index in [1.165, 1.54) is 62.3 Å². The Bertz CT molecular complexity index is 324. The number of hydrogen-bond acceptors (Lipinski definition) is 3. The van der Waals surface area contributed by atoms with Gasteiger partial charge < -0.3 is 5.32 Å². The van der Waals surface area contributed by atoms with E-state index >= 15 is 0 Å². The van der Waals surface area contributed by atoms with E-state index in [0.29, 0.717) is 11.6 Å². The predicted octanol–water partition coefficient (Wildman–Crippen LogP) is 3.67. The molecule has 3 fully saturated rings. The Kier molecular flexibility index (Phi) is 4.14. The van der Waals surface area contributed by atoms with E-state index in [9.17, 15) is 0 Å². The average Bonchev–Trinajstić information content (AvgIpc) is 2.99. The zero-order valence-electron chi connectivity index (χ0n) is 11.3. The first-order chi connectivity index (χ1) is 8.80. The Hall–Kier alpha value is 0.170. The van der Waals surface area contributed by atoms with Gasteiger partial charge in [0.15, 0.2) is 5.17 Å². The van der Waals surface area contributed by atoms with Gasteiger partial charge in [-0.25, -0.2) is 0 Å². The molecule has 2 atom stereocenters. The summed E-state index contributed by atoms with van der Waals surface area (Å²) in [6, 6.07) is 0.594. The van der Waals surface area contributed by atoms with Gasteiger partial charge >= 0.3 is 0 Å². The Morgan fingerprint density at radius 1 is 1.28 bits per heavy atom. The van der Waals surface area contributed by atoms with Crippen molar-refractivity contribution < 1.29 is 0 Å². The van der Waals surface area contributed by atoms with Crippen LogP contribution in [0.2, 0.25) is 0 Å². The summed E-state index contributed by atoms with van der Waals surface area (Å²) in [6.45, 7) is 0. The van der Waals surface area contributed by atoms with Crippen molar-refractivity contribution in [3.63, 3.8) is 0 Å². The third kappa shape index (κ3) is 2.84. The maximum absolute atomic E-state index is 4.98. The minimum atomic E-state index is 0.416. The van der Waals surface area contributed by atoms with Crippen LogP contribution in [0.25, 0.3) is 0 Å². The molecular formula is C14H24N2S2. The smallest absolute Gasteiger partial charge is 0.157 e. The van der Waals surface area contributed by atoms with Crippen LogP contribution in [0.1, 0.15) is 51.4 Å². The lowest BCUT2D eigenvalue weighted by Crippen LogP contribution is -2.45. The lowest BCUT2D eigenvalue weighted by Gasteiger charge is -2.32. The topological polar surface area (TPSA) is 24.4 Å². The van der Waals surface area contributed by atoms with E-state index < -0.39 is 0 Å². The Morgan fingerprint density at radius 3 is 2.83 bits per heavy atom. The van der Waals surface area contributed by atoms with E-state index in [0.717, 1.165) is 5.25 Å². The van der Waals surface area contributed by atoms with Crippen LogP contribution in [0.15, 0.2) is 4.99 Å². The van der Waals surface area contributed by atoms with Crippen LogP contribution in [-0.2, 0) is 0 Å². The normalized spacial score (nSPS) is 37.3. The van der Waals surface area contributed by atoms with Crippen molar-refractivity contribution in [2.24, 2.45) is 4.99 Å². The molecule has 1 N–H and O–H groups in total. The van der Waals surface area contributed by atoms with Crippen LogP contribution in [-0.4, -0.2) is 34.0 Å². The molecule has 4 heteroatoms. The van der Waals surface area contributed by atoms with E-state index in [1.807, 2.05) is 23.5 Å². The lowest BCUT2D eigenvalue weighted by atomic mass is 9.83. The second-order valence-electron chi connectivity index (χ2n) is 6.01. The molecule has 18 heavy (non-hydrogen) atoms. The van der Waals surface area contributed by atoms with Crippen molar-refractivity contribution in [3.8, 4) is 0 Å². The van der Waals surface area contributed by atoms with Crippen LogP contribution >= 0.6 is 23.5 Å². The second kappa shape index (κ2) is 5.66. The third-order valence-electron chi connectivity index (χ3n) is 4.66. The van der Waals surface area contributed by atoms with Crippen molar-refractivity contribution in [2.75, 3.05) is 12.0 Å². The summed E-state index contributed by atoms with van der Waals surface area (Å²) in [5.74, 6) is 1.25. The van der Waals surface area contributed by atoms with Crippen LogP contribution in [0.4, 0.5) is 0 Å². The summed E-state index contributed by atoms with van der Waals surface area (Å²) in [5.41, 5.74) is 0.416. The highest BCUT2D eigenvalue weighted by Crippen LogP contribution is 2.37. The minimum Gasteiger partial charge on any atom is -0.359 e. The number of nitrogens with zero attached hydrogens (tertiary/aromatic N) is 1. The molecule has 0 aromatic heterocycles. The average molecular weight is 284 g/mol. The van der Waals surface area contributed by atoms with Crippen molar-refractivity contribution in [1.82, 2.24) is 5.32 Å². The molecule has 0 aromatic carbocycles. The zero-order valence-corrected chi connectivity index (χ0v) is 12.9. The van der Waals surface area contributed by atoms with Gasteiger partial charge in [0.1, 0.15) is 0 Å². The molecule has 2 saturated carbocycles. The largest absolute Gasteiger partial charge is 0.359 e. The molecule has 1 aliphatic heterocycles. The molecule has 2 unspecified atom stereocenters. The summed E-state index contributed by atoms with van der Waals surface area (Å²) < 4.78 is 0. The molecule has 2 nitrogen and oxygen atoms in total. The third-order valence-corrected chi connectivity index (χ3v) is 6.93. The Balaban J connectivity index is 1.58. The van der Waals surface area contributed by atoms with Crippen LogP contribution in [0.3, 0.4) is 0 Å². The maximum atomic E-state index is 4.98. The fourth-order valence-corrected chi connectivity index (χ4v) is 5.56. The van der Waals surface area contributed by atoms with Gasteiger partial charge in [-0.3, -0.25) is 4.99 Å². The van der Waals surface area contributed by atoms with E-state index in [1.54, 1.807) is 0 Å². The molecule has 3 rings (SSSR count). The number of amidine groups is 1. The van der Waals surface area contributed by atoms with Crippen molar-refractivity contribution in [2.45, 2.75) is 68.2 Å². The number of nitrogens with one attached hydrogen (secondary N) is 1. The van der Waals surface area contributed by atoms with Gasteiger partial charge in [0.2, 0.25) is 0 Å². The molecule has 0 bridgehead atoms. The monoisotopic (exact) mass is 284 g/mol. The number of thioether (sulfide) groups is 2. The SMILES string of the molecule is CSC1CCC(N=C2NC3(CCCCC3)CS2)C1. The first kappa shape index (κ1) is 13.2. The van der Waals surface area contributed by atoms with E-state index in [2.05, 4.69) is 11.6 Å². The number of hydrogen-bond donors (Lipinski definition) is 1. The molecule has 0 amide bonds. The zero-order chi connectivity index (χ0) is 12.4. The molecule has 0 aromatic rings. The summed E-state index contributed by atoms with van der Waals surface area (Å²) in [4.78, 5) is 4.98. The summed E-state index contributed by atoms with van der Waals surface area (Å²) >= 11 is 3.99. The standard InChI is InChI=1S/C14H24N2S2/c1-17-12-6-5-11(9-12)15-13-16-14(10-18-13)7-3-2-4-8-14/h11-12H,2-10H2,1H3,(H,15,16). The fraction of sp³-hybridized carbons (Fsp3) is 0.929. The fourth-order valence-electron chi connectivity index (χ4n) is 3.49. The number of rotatable bonds is 2.